The van der Waals surface area contributed by atoms with Gasteiger partial charge in [0.15, 0.2) is 0 Å². The summed E-state index contributed by atoms with van der Waals surface area (Å²) in [5.41, 5.74) is 0.618. The minimum atomic E-state index is -0.286. The van der Waals surface area contributed by atoms with E-state index in [0.717, 1.165) is 16.5 Å². The van der Waals surface area contributed by atoms with Crippen molar-refractivity contribution in [1.29, 1.82) is 0 Å². The monoisotopic (exact) mass is 390 g/mol. The van der Waals surface area contributed by atoms with Gasteiger partial charge in [-0.15, -0.1) is 0 Å². The molecule has 0 spiro atoms. The third kappa shape index (κ3) is 4.81. The number of hydrogen-bond donors (Lipinski definition) is 2. The number of alkyl halides is 1. The Hall–Kier alpha value is -1.88. The molecule has 2 aromatic rings. The number of halogens is 1. The van der Waals surface area contributed by atoms with Crippen molar-refractivity contribution in [3.63, 3.8) is 0 Å². The number of carbonyl (C=O) groups excluding carboxylic acids is 2. The lowest BCUT2D eigenvalue weighted by Crippen LogP contribution is -2.39. The highest BCUT2D eigenvalue weighted by Crippen LogP contribution is 2.26. The average Bonchev–Trinajstić information content (AvgIpc) is 2.53. The zero-order valence-electron chi connectivity index (χ0n) is 14.2. The summed E-state index contributed by atoms with van der Waals surface area (Å²) in [7, 11) is 0. The molecule has 0 heterocycles. The average molecular weight is 391 g/mol. The Balaban J connectivity index is 1.89. The summed E-state index contributed by atoms with van der Waals surface area (Å²) < 4.78 is 0. The van der Waals surface area contributed by atoms with Crippen LogP contribution in [0.5, 0.6) is 0 Å². The molecule has 24 heavy (non-hydrogen) atoms. The van der Waals surface area contributed by atoms with Crippen LogP contribution in [0.1, 0.15) is 27.2 Å². The van der Waals surface area contributed by atoms with Gasteiger partial charge < -0.3 is 10.6 Å². The lowest BCUT2D eigenvalue weighted by Gasteiger charge is -2.24. The van der Waals surface area contributed by atoms with Crippen LogP contribution in [0.4, 0.5) is 5.69 Å². The Morgan fingerprint density at radius 3 is 2.46 bits per heavy atom. The topological polar surface area (TPSA) is 58.2 Å². The van der Waals surface area contributed by atoms with Crippen LogP contribution in [-0.2, 0) is 9.59 Å². The minimum Gasteiger partial charge on any atom is -0.355 e. The molecule has 0 aliphatic rings. The Bertz CT molecular complexity index is 732. The molecule has 0 aliphatic carbocycles. The number of anilines is 1. The van der Waals surface area contributed by atoms with Crippen molar-refractivity contribution in [3.8, 4) is 0 Å². The highest BCUT2D eigenvalue weighted by Gasteiger charge is 2.28. The molecule has 0 bridgehead atoms. The largest absolute Gasteiger partial charge is 0.355 e. The van der Waals surface area contributed by atoms with Gasteiger partial charge in [0.05, 0.1) is 4.83 Å². The molecule has 0 saturated carbocycles. The van der Waals surface area contributed by atoms with Gasteiger partial charge in [0, 0.05) is 24.0 Å². The van der Waals surface area contributed by atoms with Crippen molar-refractivity contribution in [2.75, 3.05) is 11.9 Å². The highest BCUT2D eigenvalue weighted by molar-refractivity contribution is 9.10. The SMILES string of the molecule is CC(C)(C)C(Br)C(=O)NCCC(=O)Nc1cccc2ccccc12. The van der Waals surface area contributed by atoms with Crippen molar-refractivity contribution in [1.82, 2.24) is 5.32 Å². The van der Waals surface area contributed by atoms with E-state index in [4.69, 9.17) is 0 Å². The van der Waals surface area contributed by atoms with Crippen LogP contribution in [0, 0.1) is 5.41 Å². The van der Waals surface area contributed by atoms with Crippen LogP contribution in [0.25, 0.3) is 10.8 Å². The maximum Gasteiger partial charge on any atom is 0.234 e. The zero-order valence-corrected chi connectivity index (χ0v) is 15.8. The van der Waals surface area contributed by atoms with Gasteiger partial charge in [0.25, 0.3) is 0 Å². The quantitative estimate of drug-likeness (QED) is 0.755. The fourth-order valence-electron chi connectivity index (χ4n) is 2.33. The van der Waals surface area contributed by atoms with E-state index in [2.05, 4.69) is 26.6 Å². The number of benzene rings is 2. The molecule has 1 unspecified atom stereocenters. The van der Waals surface area contributed by atoms with E-state index in [0.29, 0.717) is 6.54 Å². The van der Waals surface area contributed by atoms with Gasteiger partial charge in [-0.25, -0.2) is 0 Å². The van der Waals surface area contributed by atoms with E-state index in [1.165, 1.54) is 0 Å². The summed E-state index contributed by atoms with van der Waals surface area (Å²) >= 11 is 3.40. The maximum absolute atomic E-state index is 12.1. The molecule has 1 atom stereocenters. The molecule has 128 valence electrons. The Morgan fingerprint density at radius 1 is 1.08 bits per heavy atom. The molecule has 0 aromatic heterocycles. The lowest BCUT2D eigenvalue weighted by molar-refractivity contribution is -0.122. The van der Waals surface area contributed by atoms with Crippen molar-refractivity contribution in [2.45, 2.75) is 32.0 Å². The summed E-state index contributed by atoms with van der Waals surface area (Å²) in [6.45, 7) is 6.27. The normalized spacial score (nSPS) is 12.7. The van der Waals surface area contributed by atoms with Gasteiger partial charge >= 0.3 is 0 Å². The number of nitrogens with one attached hydrogen (secondary N) is 2. The number of hydrogen-bond acceptors (Lipinski definition) is 2. The van der Waals surface area contributed by atoms with Gasteiger partial charge in [-0.05, 0) is 16.9 Å². The van der Waals surface area contributed by atoms with Crippen LogP contribution in [0.15, 0.2) is 42.5 Å². The van der Waals surface area contributed by atoms with E-state index in [9.17, 15) is 9.59 Å². The fourth-order valence-corrected chi connectivity index (χ4v) is 2.49. The smallest absolute Gasteiger partial charge is 0.234 e. The first kappa shape index (κ1) is 18.5. The summed E-state index contributed by atoms with van der Waals surface area (Å²) in [6.07, 6.45) is 0.235. The van der Waals surface area contributed by atoms with E-state index >= 15 is 0 Å². The molecular formula is C19H23BrN2O2. The van der Waals surface area contributed by atoms with Gasteiger partial charge in [-0.2, -0.15) is 0 Å². The maximum atomic E-state index is 12.1. The van der Waals surface area contributed by atoms with Gasteiger partial charge in [-0.3, -0.25) is 9.59 Å². The van der Waals surface area contributed by atoms with Gasteiger partial charge in [-0.1, -0.05) is 73.1 Å². The molecule has 2 amide bonds. The number of fused-ring (bicyclic) bond motifs is 1. The molecule has 0 radical (unpaired) electrons. The second-order valence-corrected chi connectivity index (χ2v) is 7.76. The van der Waals surface area contributed by atoms with Crippen molar-refractivity contribution >= 4 is 44.2 Å². The molecular weight excluding hydrogens is 368 g/mol. The standard InChI is InChI=1S/C19H23BrN2O2/c1-19(2,3)17(20)18(24)21-12-11-16(23)22-15-10-6-8-13-7-4-5-9-14(13)15/h4-10,17H,11-12H2,1-3H3,(H,21,24)(H,22,23). The summed E-state index contributed by atoms with van der Waals surface area (Å²) in [6, 6.07) is 13.7. The second kappa shape index (κ2) is 7.79. The number of rotatable bonds is 5. The van der Waals surface area contributed by atoms with E-state index in [-0.39, 0.29) is 28.5 Å². The number of carbonyl (C=O) groups is 2. The highest BCUT2D eigenvalue weighted by atomic mass is 79.9. The van der Waals surface area contributed by atoms with Gasteiger partial charge in [0.1, 0.15) is 0 Å². The molecule has 0 fully saturated rings. The predicted octanol–water partition coefficient (Wildman–Crippen LogP) is 4.09. The summed E-state index contributed by atoms with van der Waals surface area (Å²) in [5.74, 6) is -0.214. The van der Waals surface area contributed by atoms with Crippen LogP contribution in [0.3, 0.4) is 0 Å². The van der Waals surface area contributed by atoms with Crippen molar-refractivity contribution in [2.24, 2.45) is 5.41 Å². The molecule has 4 nitrogen and oxygen atoms in total. The van der Waals surface area contributed by atoms with E-state index in [1.54, 1.807) is 0 Å². The van der Waals surface area contributed by atoms with Crippen molar-refractivity contribution in [3.05, 3.63) is 42.5 Å². The summed E-state index contributed by atoms with van der Waals surface area (Å²) in [4.78, 5) is 23.9. The predicted molar refractivity (Wildman–Crippen MR) is 102 cm³/mol. The van der Waals surface area contributed by atoms with Crippen molar-refractivity contribution < 1.29 is 9.59 Å². The second-order valence-electron chi connectivity index (χ2n) is 6.84. The third-order valence-corrected chi connectivity index (χ3v) is 5.49. The molecule has 2 rings (SSSR count). The number of amides is 2. The third-order valence-electron chi connectivity index (χ3n) is 3.71. The fraction of sp³-hybridized carbons (Fsp3) is 0.368. The molecule has 0 saturated heterocycles. The molecule has 2 N–H and O–H groups in total. The molecule has 5 heteroatoms. The first-order chi connectivity index (χ1) is 11.3. The van der Waals surface area contributed by atoms with Crippen LogP contribution < -0.4 is 10.6 Å². The van der Waals surface area contributed by atoms with Crippen LogP contribution in [0.2, 0.25) is 0 Å². The van der Waals surface area contributed by atoms with Crippen LogP contribution in [-0.4, -0.2) is 23.2 Å². The molecule has 2 aromatic carbocycles. The van der Waals surface area contributed by atoms with E-state index < -0.39 is 0 Å². The Labute approximate surface area is 151 Å². The first-order valence-electron chi connectivity index (χ1n) is 7.98. The van der Waals surface area contributed by atoms with Crippen LogP contribution >= 0.6 is 15.9 Å². The lowest BCUT2D eigenvalue weighted by atomic mass is 9.92. The summed E-state index contributed by atoms with van der Waals surface area (Å²) in [5, 5.41) is 7.80. The minimum absolute atomic E-state index is 0.0968. The first-order valence-corrected chi connectivity index (χ1v) is 8.90. The molecule has 0 aliphatic heterocycles. The Morgan fingerprint density at radius 2 is 1.75 bits per heavy atom. The zero-order chi connectivity index (χ0) is 17.7. The van der Waals surface area contributed by atoms with Gasteiger partial charge in [0.2, 0.25) is 11.8 Å². The Kier molecular flexibility index (Phi) is 5.99. The van der Waals surface area contributed by atoms with E-state index in [1.807, 2.05) is 63.2 Å².